The van der Waals surface area contributed by atoms with E-state index in [2.05, 4.69) is 38.3 Å². The van der Waals surface area contributed by atoms with Crippen LogP contribution in [0.5, 0.6) is 0 Å². The summed E-state index contributed by atoms with van der Waals surface area (Å²) in [6.45, 7) is 29.1. The zero-order valence-corrected chi connectivity index (χ0v) is 82.1. The van der Waals surface area contributed by atoms with Crippen molar-refractivity contribution >= 4 is 77.9 Å². The van der Waals surface area contributed by atoms with E-state index >= 15 is 0 Å². The van der Waals surface area contributed by atoms with E-state index in [1.165, 1.54) is 31.6 Å². The number of oxime groups is 1. The highest BCUT2D eigenvalue weighted by Crippen LogP contribution is 2.32. The van der Waals surface area contributed by atoms with E-state index in [9.17, 15) is 57.5 Å². The van der Waals surface area contributed by atoms with Gasteiger partial charge in [0.15, 0.2) is 0 Å². The molecule has 5 saturated heterocycles. The van der Waals surface area contributed by atoms with Crippen LogP contribution in [0.2, 0.25) is 0 Å². The third kappa shape index (κ3) is 34.0. The van der Waals surface area contributed by atoms with Gasteiger partial charge >= 0.3 is 30.5 Å². The lowest BCUT2D eigenvalue weighted by molar-refractivity contribution is -0.198. The predicted molar refractivity (Wildman–Crippen MR) is 524 cm³/mol. The number of amides is 11. The Labute approximate surface area is 812 Å². The molecule has 5 heterocycles. The summed E-state index contributed by atoms with van der Waals surface area (Å²) in [6, 6.07) is 75.6. The standard InChI is InChI=1S/C26H32N2O5.C25H32N2O4.C25H30N2O4.C18H23NO4.C16H21NO3/c1-19(2)14-24(20(3)27(18-29)33-16-22-12-8-5-9-13-22)25(30)28-23(17-32-26(28)31)15-21-10-6-4-7-11-21;2*1-18(2)14-23(19(3)26-31-16-21-12-8-5-9-13-21)24(28)27-22(17-30-25(27)29)15-20-10-6-4-7-11-20;1-12(2)9-16(13(3)20)17(21)19-15(11-23-18(19)22)10-14-7-5-4-6-8-14;1-12(2)8-9-15(18)17-14(11-20-16(17)19)10-13-6-4-3-5-7-13/h4-13,18-20,23-24H,14-17H2,1-3H3;4-13,18-19,22-23,26H,14-17H2,1-3H3;4-13,18,22-23H,14-17H2,1-3H3;4-8,12,15-16H,9-11H2,1-3H3;3-7,12,14H,8-11H2,1-2H3/b;;26-19-;;/t20?,23-,24+;19?,22-,23+;22-,23+;15-,16+;14-/m00000/s1. The van der Waals surface area contributed by atoms with Crippen LogP contribution in [0.25, 0.3) is 0 Å². The zero-order chi connectivity index (χ0) is 99.7. The molecule has 5 aliphatic rings. The first kappa shape index (κ1) is 109. The molecule has 8 aromatic rings. The van der Waals surface area contributed by atoms with Gasteiger partial charge in [0.25, 0.3) is 0 Å². The maximum Gasteiger partial charge on any atom is 0.417 e. The minimum Gasteiger partial charge on any atom is -0.447 e. The molecule has 11 atom stereocenters. The van der Waals surface area contributed by atoms with Gasteiger partial charge in [0, 0.05) is 12.5 Å². The van der Waals surface area contributed by atoms with Crippen LogP contribution in [-0.4, -0.2) is 183 Å². The average molecular weight is 1890 g/mol. The first-order valence-corrected chi connectivity index (χ1v) is 48.0. The average Bonchev–Trinajstić information content (AvgIpc) is 1.62. The third-order valence-corrected chi connectivity index (χ3v) is 24.2. The molecular weight excluding hydrogens is 1750 g/mol. The highest BCUT2D eigenvalue weighted by Gasteiger charge is 2.48. The lowest BCUT2D eigenvalue weighted by atomic mass is 9.89. The van der Waals surface area contributed by atoms with Crippen molar-refractivity contribution < 1.29 is 95.7 Å². The van der Waals surface area contributed by atoms with Crippen LogP contribution in [-0.2, 0) is 124 Å². The molecule has 2 unspecified atom stereocenters. The Morgan fingerprint density at radius 1 is 0.362 bits per heavy atom. The Balaban J connectivity index is 0.000000195. The molecular formula is C110H138N8O20. The van der Waals surface area contributed by atoms with Crippen LogP contribution in [0.3, 0.4) is 0 Å². The monoisotopic (exact) mass is 1890 g/mol. The van der Waals surface area contributed by atoms with Crippen molar-refractivity contribution in [2.45, 2.75) is 230 Å². The second-order valence-electron chi connectivity index (χ2n) is 37.7. The number of cyclic esters (lactones) is 5. The van der Waals surface area contributed by atoms with Gasteiger partial charge in [-0.25, -0.2) is 53.5 Å². The van der Waals surface area contributed by atoms with Gasteiger partial charge < -0.3 is 28.5 Å². The summed E-state index contributed by atoms with van der Waals surface area (Å²) in [7, 11) is 0. The number of carbonyl (C=O) groups is 12. The molecule has 13 rings (SSSR count). The van der Waals surface area contributed by atoms with Crippen LogP contribution in [0.4, 0.5) is 24.0 Å². The van der Waals surface area contributed by atoms with Crippen LogP contribution in [0, 0.1) is 53.3 Å². The normalized spacial score (nSPS) is 18.0. The number of Topliss-reactive ketones (excluding diaryl/α,β-unsaturated/α-hetero) is 1. The molecule has 0 aromatic heterocycles. The third-order valence-electron chi connectivity index (χ3n) is 24.2. The minimum absolute atomic E-state index is 0.123. The summed E-state index contributed by atoms with van der Waals surface area (Å²) < 4.78 is 25.9. The van der Waals surface area contributed by atoms with Gasteiger partial charge in [-0.1, -0.05) is 317 Å². The van der Waals surface area contributed by atoms with Crippen molar-refractivity contribution in [3.8, 4) is 0 Å². The molecule has 28 heteroatoms. The highest BCUT2D eigenvalue weighted by molar-refractivity contribution is 6.08. The molecule has 0 aliphatic carbocycles. The molecule has 138 heavy (non-hydrogen) atoms. The Bertz CT molecular complexity index is 5180. The van der Waals surface area contributed by atoms with Crippen LogP contribution in [0.1, 0.15) is 180 Å². The Kier molecular flexibility index (Phi) is 44.1. The second kappa shape index (κ2) is 56.0. The van der Waals surface area contributed by atoms with Gasteiger partial charge in [0.05, 0.1) is 72.2 Å². The number of nitrogens with zero attached hydrogens (tertiary/aromatic N) is 7. The van der Waals surface area contributed by atoms with Crippen molar-refractivity contribution in [1.82, 2.24) is 35.0 Å². The molecule has 5 fully saturated rings. The van der Waals surface area contributed by atoms with E-state index in [4.69, 9.17) is 38.2 Å². The van der Waals surface area contributed by atoms with E-state index in [1.54, 1.807) is 13.8 Å². The number of hydroxylamine groups is 3. The number of carbonyl (C=O) groups excluding carboxylic acids is 12. The van der Waals surface area contributed by atoms with Crippen molar-refractivity contribution in [3.05, 3.63) is 287 Å². The van der Waals surface area contributed by atoms with Gasteiger partial charge in [0.1, 0.15) is 52.0 Å². The number of ketones is 1. The molecule has 0 saturated carbocycles. The van der Waals surface area contributed by atoms with Gasteiger partial charge in [0.2, 0.25) is 35.9 Å². The van der Waals surface area contributed by atoms with E-state index in [-0.39, 0.29) is 116 Å². The quantitative estimate of drug-likeness (QED) is 0.0122. The van der Waals surface area contributed by atoms with E-state index < -0.39 is 66.1 Å². The van der Waals surface area contributed by atoms with Gasteiger partial charge in [-0.15, -0.1) is 0 Å². The number of nitrogens with one attached hydrogen (secondary N) is 1. The molecule has 0 spiro atoms. The summed E-state index contributed by atoms with van der Waals surface area (Å²) in [4.78, 5) is 174. The number of benzene rings is 8. The van der Waals surface area contributed by atoms with Gasteiger partial charge in [-0.2, -0.15) is 5.48 Å². The van der Waals surface area contributed by atoms with Crippen LogP contribution >= 0.6 is 0 Å². The summed E-state index contributed by atoms with van der Waals surface area (Å²) in [5.41, 5.74) is 11.8. The van der Waals surface area contributed by atoms with Crippen molar-refractivity contribution in [2.24, 2.45) is 58.4 Å². The smallest absolute Gasteiger partial charge is 0.417 e. The predicted octanol–water partition coefficient (Wildman–Crippen LogP) is 19.2. The zero-order valence-electron chi connectivity index (χ0n) is 82.1. The fraction of sp³-hybridized carbons (Fsp3) is 0.445. The molecule has 28 nitrogen and oxygen atoms in total. The lowest BCUT2D eigenvalue weighted by Gasteiger charge is -2.33. The maximum absolute atomic E-state index is 13.7. The number of imide groups is 5. The van der Waals surface area contributed by atoms with Crippen LogP contribution < -0.4 is 5.48 Å². The second-order valence-corrected chi connectivity index (χ2v) is 37.7. The summed E-state index contributed by atoms with van der Waals surface area (Å²) in [5.74, 6) is -2.57. The minimum atomic E-state index is -0.779. The van der Waals surface area contributed by atoms with E-state index in [0.29, 0.717) is 108 Å². The SMILES string of the molecule is C/C(=N/OCc1ccccc1)[C@@H](CC(C)C)C(=O)N1C(=O)OC[C@@H]1Cc1ccccc1.CC(=O)[C@@H](CC(C)C)C(=O)N1C(=O)OC[C@@H]1Cc1ccccc1.CC(C)CCC(=O)N1C(=O)OC[C@@H]1Cc1ccccc1.CC(C)C[C@@H](C(=O)N1C(=O)OC[C@@H]1Cc1ccccc1)C(C)N(C=O)OCc1ccccc1.CC(C)C[C@@H](C(=O)N1C(=O)OC[C@@H]1Cc1ccccc1)C(C)NOCc1ccccc1. The molecule has 0 bridgehead atoms. The fourth-order valence-electron chi connectivity index (χ4n) is 16.9. The maximum atomic E-state index is 13.7. The summed E-state index contributed by atoms with van der Waals surface area (Å²) >= 11 is 0. The van der Waals surface area contributed by atoms with Crippen molar-refractivity contribution in [1.29, 1.82) is 0 Å². The highest BCUT2D eigenvalue weighted by atomic mass is 16.7. The Hall–Kier alpha value is -13.1. The van der Waals surface area contributed by atoms with Crippen molar-refractivity contribution in [3.63, 3.8) is 0 Å². The first-order chi connectivity index (χ1) is 66.3. The first-order valence-electron chi connectivity index (χ1n) is 48.0. The molecule has 8 aromatic carbocycles. The largest absolute Gasteiger partial charge is 0.447 e. The number of ether oxygens (including phenoxy) is 5. The number of hydrogen-bond donors (Lipinski definition) is 1. The van der Waals surface area contributed by atoms with Gasteiger partial charge in [-0.3, -0.25) is 43.2 Å². The molecule has 0 radical (unpaired) electrons. The molecule has 5 aliphatic heterocycles. The fourth-order valence-corrected chi connectivity index (χ4v) is 16.9. The molecule has 738 valence electrons. The molecule has 1 N–H and O–H groups in total. The lowest BCUT2D eigenvalue weighted by Crippen LogP contribution is -2.50. The summed E-state index contributed by atoms with van der Waals surface area (Å²) in [5, 5.41) is 5.40. The van der Waals surface area contributed by atoms with Crippen LogP contribution in [0.15, 0.2) is 248 Å². The number of hydrogen-bond acceptors (Lipinski definition) is 22. The molecule has 11 amide bonds. The van der Waals surface area contributed by atoms with Crippen molar-refractivity contribution in [2.75, 3.05) is 33.0 Å². The Morgan fingerprint density at radius 3 is 0.971 bits per heavy atom. The van der Waals surface area contributed by atoms with E-state index in [0.717, 1.165) is 55.8 Å². The summed E-state index contributed by atoms with van der Waals surface area (Å²) in [6.07, 6.45) is 3.87. The topological polar surface area (TPSA) is 323 Å². The Morgan fingerprint density at radius 2 is 0.645 bits per heavy atom. The van der Waals surface area contributed by atoms with Gasteiger partial charge in [-0.05, 0) is 166 Å². The van der Waals surface area contributed by atoms with E-state index in [1.807, 2.05) is 291 Å². The number of rotatable bonds is 41.